The van der Waals surface area contributed by atoms with Crippen LogP contribution in [0.3, 0.4) is 0 Å². The Labute approximate surface area is 157 Å². The standard InChI is InChI=1S/C20H24N2O3S/c23-19(24)9-8-17(13-15-5-2-1-3-6-15)21-20(25)22-11-4-7-18(22)16-10-12-26-14-16/h1-3,5-6,10,12,14,17-18H,4,7-9,11,13H2,(H,21,25)(H,23,24). The zero-order valence-corrected chi connectivity index (χ0v) is 15.5. The maximum absolute atomic E-state index is 12.9. The Hall–Kier alpha value is -2.34. The van der Waals surface area contributed by atoms with Crippen LogP contribution in [0.25, 0.3) is 0 Å². The molecule has 1 fully saturated rings. The summed E-state index contributed by atoms with van der Waals surface area (Å²) in [4.78, 5) is 25.7. The van der Waals surface area contributed by atoms with Crippen LogP contribution in [-0.4, -0.2) is 34.6 Å². The first-order chi connectivity index (χ1) is 12.6. The van der Waals surface area contributed by atoms with Gasteiger partial charge in [-0.05, 0) is 53.6 Å². The maximum Gasteiger partial charge on any atom is 0.318 e. The average molecular weight is 372 g/mol. The normalized spacial score (nSPS) is 17.8. The molecule has 2 aromatic rings. The van der Waals surface area contributed by atoms with E-state index in [4.69, 9.17) is 5.11 Å². The number of carbonyl (C=O) groups excluding carboxylic acids is 1. The number of carbonyl (C=O) groups is 2. The summed E-state index contributed by atoms with van der Waals surface area (Å²) in [6, 6.07) is 11.8. The van der Waals surface area contributed by atoms with Crippen molar-refractivity contribution in [1.29, 1.82) is 0 Å². The van der Waals surface area contributed by atoms with Gasteiger partial charge in [0.2, 0.25) is 0 Å². The van der Waals surface area contributed by atoms with Gasteiger partial charge in [-0.2, -0.15) is 11.3 Å². The molecule has 2 unspecified atom stereocenters. The third-order valence-corrected chi connectivity index (χ3v) is 5.50. The molecule has 5 nitrogen and oxygen atoms in total. The number of aliphatic carboxylic acids is 1. The highest BCUT2D eigenvalue weighted by Crippen LogP contribution is 2.33. The Balaban J connectivity index is 1.66. The Morgan fingerprint density at radius 3 is 2.77 bits per heavy atom. The van der Waals surface area contributed by atoms with Crippen molar-refractivity contribution in [1.82, 2.24) is 10.2 Å². The molecule has 0 spiro atoms. The monoisotopic (exact) mass is 372 g/mol. The van der Waals surface area contributed by atoms with Gasteiger partial charge in [-0.25, -0.2) is 4.79 Å². The molecule has 0 radical (unpaired) electrons. The highest BCUT2D eigenvalue weighted by molar-refractivity contribution is 7.08. The minimum atomic E-state index is -0.838. The van der Waals surface area contributed by atoms with Gasteiger partial charge in [-0.3, -0.25) is 4.79 Å². The number of urea groups is 1. The van der Waals surface area contributed by atoms with Crippen LogP contribution < -0.4 is 5.32 Å². The summed E-state index contributed by atoms with van der Waals surface area (Å²) in [5.74, 6) is -0.838. The number of amides is 2. The Morgan fingerprint density at radius 2 is 2.08 bits per heavy atom. The van der Waals surface area contributed by atoms with Crippen molar-refractivity contribution in [2.45, 2.75) is 44.2 Å². The molecule has 1 aliphatic rings. The van der Waals surface area contributed by atoms with Crippen LogP contribution in [0.1, 0.15) is 42.9 Å². The Morgan fingerprint density at radius 1 is 1.27 bits per heavy atom. The van der Waals surface area contributed by atoms with E-state index in [0.717, 1.165) is 24.9 Å². The second-order valence-corrected chi connectivity index (χ2v) is 7.46. The van der Waals surface area contributed by atoms with Crippen LogP contribution in [0.2, 0.25) is 0 Å². The average Bonchev–Trinajstić information content (AvgIpc) is 3.31. The molecule has 1 aliphatic heterocycles. The van der Waals surface area contributed by atoms with E-state index in [1.807, 2.05) is 40.6 Å². The van der Waals surface area contributed by atoms with Crippen LogP contribution in [0.4, 0.5) is 4.79 Å². The smallest absolute Gasteiger partial charge is 0.318 e. The summed E-state index contributed by atoms with van der Waals surface area (Å²) in [5, 5.41) is 16.2. The van der Waals surface area contributed by atoms with E-state index in [1.54, 1.807) is 11.3 Å². The number of benzene rings is 1. The van der Waals surface area contributed by atoms with Gasteiger partial charge >= 0.3 is 12.0 Å². The number of hydrogen-bond acceptors (Lipinski definition) is 3. The molecular weight excluding hydrogens is 348 g/mol. The van der Waals surface area contributed by atoms with Gasteiger partial charge in [0, 0.05) is 19.0 Å². The van der Waals surface area contributed by atoms with Crippen LogP contribution in [0, 0.1) is 0 Å². The highest BCUT2D eigenvalue weighted by Gasteiger charge is 2.31. The molecule has 0 bridgehead atoms. The number of hydrogen-bond donors (Lipinski definition) is 2. The second-order valence-electron chi connectivity index (χ2n) is 6.68. The number of carboxylic acids is 1. The van der Waals surface area contributed by atoms with Gasteiger partial charge in [0.25, 0.3) is 0 Å². The zero-order chi connectivity index (χ0) is 18.4. The largest absolute Gasteiger partial charge is 0.481 e. The first kappa shape index (κ1) is 18.5. The zero-order valence-electron chi connectivity index (χ0n) is 14.6. The van der Waals surface area contributed by atoms with E-state index >= 15 is 0 Å². The van der Waals surface area contributed by atoms with Gasteiger partial charge in [0.05, 0.1) is 6.04 Å². The first-order valence-corrected chi connectivity index (χ1v) is 9.92. The summed E-state index contributed by atoms with van der Waals surface area (Å²) in [5.41, 5.74) is 2.28. The molecule has 1 aromatic carbocycles. The molecule has 2 atom stereocenters. The fraction of sp³-hybridized carbons (Fsp3) is 0.400. The minimum Gasteiger partial charge on any atom is -0.481 e. The van der Waals surface area contributed by atoms with Crippen LogP contribution in [0.5, 0.6) is 0 Å². The van der Waals surface area contributed by atoms with Crippen LogP contribution in [0.15, 0.2) is 47.2 Å². The van der Waals surface area contributed by atoms with E-state index in [1.165, 1.54) is 5.56 Å². The lowest BCUT2D eigenvalue weighted by Crippen LogP contribution is -2.45. The van der Waals surface area contributed by atoms with Gasteiger partial charge in [-0.15, -0.1) is 0 Å². The van der Waals surface area contributed by atoms with Gasteiger partial charge in [0.15, 0.2) is 0 Å². The van der Waals surface area contributed by atoms with Crippen molar-refractivity contribution in [2.75, 3.05) is 6.54 Å². The van der Waals surface area contributed by atoms with Crippen molar-refractivity contribution < 1.29 is 14.7 Å². The van der Waals surface area contributed by atoms with E-state index in [2.05, 4.69) is 16.8 Å². The molecule has 26 heavy (non-hydrogen) atoms. The Bertz CT molecular complexity index is 718. The van der Waals surface area contributed by atoms with Crippen LogP contribution >= 0.6 is 11.3 Å². The maximum atomic E-state index is 12.9. The third kappa shape index (κ3) is 4.85. The molecule has 2 heterocycles. The number of nitrogens with one attached hydrogen (secondary N) is 1. The molecule has 0 aliphatic carbocycles. The molecule has 1 aromatic heterocycles. The SMILES string of the molecule is O=C(O)CCC(Cc1ccccc1)NC(=O)N1CCCC1c1ccsc1. The highest BCUT2D eigenvalue weighted by atomic mass is 32.1. The summed E-state index contributed by atoms with van der Waals surface area (Å²) >= 11 is 1.64. The summed E-state index contributed by atoms with van der Waals surface area (Å²) in [6.45, 7) is 0.739. The van der Waals surface area contributed by atoms with Gasteiger partial charge < -0.3 is 15.3 Å². The number of nitrogens with zero attached hydrogens (tertiary/aromatic N) is 1. The van der Waals surface area contributed by atoms with Crippen molar-refractivity contribution >= 4 is 23.3 Å². The molecule has 138 valence electrons. The number of likely N-dealkylation sites (tertiary alicyclic amines) is 1. The van der Waals surface area contributed by atoms with Crippen molar-refractivity contribution in [3.63, 3.8) is 0 Å². The van der Waals surface area contributed by atoms with E-state index in [-0.39, 0.29) is 24.5 Å². The molecule has 1 saturated heterocycles. The van der Waals surface area contributed by atoms with E-state index in [0.29, 0.717) is 12.8 Å². The minimum absolute atomic E-state index is 0.0474. The van der Waals surface area contributed by atoms with Gasteiger partial charge in [-0.1, -0.05) is 30.3 Å². The predicted octanol–water partition coefficient (Wildman–Crippen LogP) is 4.07. The molecule has 2 amide bonds. The predicted molar refractivity (Wildman–Crippen MR) is 102 cm³/mol. The molecule has 6 heteroatoms. The lowest BCUT2D eigenvalue weighted by molar-refractivity contribution is -0.137. The number of thiophene rings is 1. The van der Waals surface area contributed by atoms with Gasteiger partial charge in [0.1, 0.15) is 0 Å². The number of carboxylic acid groups (broad SMARTS) is 1. The van der Waals surface area contributed by atoms with E-state index in [9.17, 15) is 9.59 Å². The fourth-order valence-corrected chi connectivity index (χ4v) is 4.21. The van der Waals surface area contributed by atoms with Crippen LogP contribution in [-0.2, 0) is 11.2 Å². The molecule has 2 N–H and O–H groups in total. The first-order valence-electron chi connectivity index (χ1n) is 8.98. The summed E-state index contributed by atoms with van der Waals surface area (Å²) in [6.07, 6.45) is 3.07. The summed E-state index contributed by atoms with van der Waals surface area (Å²) < 4.78 is 0. The molecular formula is C20H24N2O3S. The lowest BCUT2D eigenvalue weighted by Gasteiger charge is -2.27. The summed E-state index contributed by atoms with van der Waals surface area (Å²) in [7, 11) is 0. The Kier molecular flexibility index (Phi) is 6.28. The van der Waals surface area contributed by atoms with Crippen molar-refractivity contribution in [2.24, 2.45) is 0 Å². The fourth-order valence-electron chi connectivity index (χ4n) is 3.50. The molecule has 3 rings (SSSR count). The van der Waals surface area contributed by atoms with Crippen molar-refractivity contribution in [3.05, 3.63) is 58.3 Å². The quantitative estimate of drug-likeness (QED) is 0.770. The molecule has 0 saturated carbocycles. The topological polar surface area (TPSA) is 69.6 Å². The second kappa shape index (κ2) is 8.85. The lowest BCUT2D eigenvalue weighted by atomic mass is 10.0. The van der Waals surface area contributed by atoms with E-state index < -0.39 is 5.97 Å². The third-order valence-electron chi connectivity index (χ3n) is 4.80. The van der Waals surface area contributed by atoms with Crippen molar-refractivity contribution in [3.8, 4) is 0 Å². The number of rotatable bonds is 7.